The molecule has 1 saturated carbocycles. The highest BCUT2D eigenvalue weighted by Crippen LogP contribution is 2.60. The Morgan fingerprint density at radius 2 is 0.808 bits per heavy atom. The molecule has 2 heteroatoms. The van der Waals surface area contributed by atoms with Crippen LogP contribution in [0, 0.1) is 10.8 Å². The molecule has 0 aromatic heterocycles. The van der Waals surface area contributed by atoms with Gasteiger partial charge in [0.15, 0.2) is 0 Å². The summed E-state index contributed by atoms with van der Waals surface area (Å²) in [4.78, 5) is 0. The van der Waals surface area contributed by atoms with E-state index in [-0.39, 0.29) is 10.8 Å². The van der Waals surface area contributed by atoms with Gasteiger partial charge in [0.25, 0.3) is 0 Å². The van der Waals surface area contributed by atoms with Crippen LogP contribution in [0.25, 0.3) is 0 Å². The van der Waals surface area contributed by atoms with E-state index in [1.807, 2.05) is 0 Å². The Morgan fingerprint density at radius 3 is 1.12 bits per heavy atom. The van der Waals surface area contributed by atoms with Gasteiger partial charge in [-0.25, -0.2) is 0 Å². The van der Waals surface area contributed by atoms with Gasteiger partial charge in [-0.2, -0.15) is 0 Å². The third-order valence-corrected chi connectivity index (χ3v) is 7.79. The summed E-state index contributed by atoms with van der Waals surface area (Å²) in [5.74, 6) is 0. The van der Waals surface area contributed by atoms with E-state index in [4.69, 9.17) is 11.5 Å². The lowest BCUT2D eigenvalue weighted by atomic mass is 9.41. The molecule has 0 bridgehead atoms. The maximum absolute atomic E-state index is 6.89. The molecule has 0 spiro atoms. The second-order valence-electron chi connectivity index (χ2n) is 9.16. The van der Waals surface area contributed by atoms with E-state index in [1.165, 1.54) is 89.9 Å². The first kappa shape index (κ1) is 24.0. The Hall–Kier alpha value is -0.0800. The minimum Gasteiger partial charge on any atom is -0.327 e. The van der Waals surface area contributed by atoms with Crippen LogP contribution in [0.15, 0.2) is 0 Å². The van der Waals surface area contributed by atoms with Crippen LogP contribution < -0.4 is 11.5 Å². The second-order valence-corrected chi connectivity index (χ2v) is 9.16. The van der Waals surface area contributed by atoms with Crippen LogP contribution in [-0.4, -0.2) is 12.1 Å². The fourth-order valence-electron chi connectivity index (χ4n) is 5.76. The maximum Gasteiger partial charge on any atom is 0.0182 e. The van der Waals surface area contributed by atoms with Gasteiger partial charge in [-0.1, -0.05) is 105 Å². The van der Waals surface area contributed by atoms with Gasteiger partial charge in [-0.3, -0.25) is 0 Å². The molecule has 4 N–H and O–H groups in total. The fourth-order valence-corrected chi connectivity index (χ4v) is 5.76. The molecule has 0 amide bonds. The van der Waals surface area contributed by atoms with Crippen LogP contribution >= 0.6 is 0 Å². The quantitative estimate of drug-likeness (QED) is 0.290. The van der Waals surface area contributed by atoms with E-state index in [1.54, 1.807) is 0 Å². The van der Waals surface area contributed by atoms with Gasteiger partial charge in [-0.05, 0) is 25.7 Å². The summed E-state index contributed by atoms with van der Waals surface area (Å²) < 4.78 is 0. The van der Waals surface area contributed by atoms with Crippen LogP contribution in [0.5, 0.6) is 0 Å². The van der Waals surface area contributed by atoms with Crippen molar-refractivity contribution < 1.29 is 0 Å². The van der Waals surface area contributed by atoms with E-state index in [9.17, 15) is 0 Å². The molecule has 1 aliphatic rings. The Morgan fingerprint density at radius 1 is 0.500 bits per heavy atom. The summed E-state index contributed by atoms with van der Waals surface area (Å²) in [6.45, 7) is 9.21. The average molecular weight is 367 g/mol. The predicted octanol–water partition coefficient (Wildman–Crippen LogP) is 6.95. The van der Waals surface area contributed by atoms with Gasteiger partial charge >= 0.3 is 0 Å². The van der Waals surface area contributed by atoms with Crippen molar-refractivity contribution in [2.24, 2.45) is 22.3 Å². The Balaban J connectivity index is 2.47. The summed E-state index contributed by atoms with van der Waals surface area (Å²) in [5, 5.41) is 0. The van der Waals surface area contributed by atoms with Crippen molar-refractivity contribution in [1.29, 1.82) is 0 Å². The minimum absolute atomic E-state index is 0.211. The van der Waals surface area contributed by atoms with Crippen molar-refractivity contribution in [3.63, 3.8) is 0 Å². The lowest BCUT2D eigenvalue weighted by molar-refractivity contribution is -0.119. The molecule has 0 aliphatic heterocycles. The largest absolute Gasteiger partial charge is 0.327 e. The minimum atomic E-state index is 0.211. The first-order valence-electron chi connectivity index (χ1n) is 12.1. The topological polar surface area (TPSA) is 52.0 Å². The number of hydrogen-bond acceptors (Lipinski definition) is 2. The monoisotopic (exact) mass is 366 g/mol. The lowest BCUT2D eigenvalue weighted by Gasteiger charge is -2.67. The van der Waals surface area contributed by atoms with Gasteiger partial charge in [0, 0.05) is 22.9 Å². The molecule has 0 heterocycles. The third kappa shape index (κ3) is 5.47. The Labute approximate surface area is 165 Å². The average Bonchev–Trinajstić information content (AvgIpc) is 2.67. The molecular formula is C24H50N2. The molecular weight excluding hydrogens is 316 g/mol. The molecule has 0 aromatic carbocycles. The Bertz CT molecular complexity index is 310. The van der Waals surface area contributed by atoms with E-state index >= 15 is 0 Å². The number of rotatable bonds is 16. The molecule has 1 rings (SSSR count). The number of unbranched alkanes of at least 4 members (excludes halogenated alkanes) is 10. The van der Waals surface area contributed by atoms with Crippen molar-refractivity contribution in [2.75, 3.05) is 0 Å². The molecule has 0 radical (unpaired) electrons. The highest BCUT2D eigenvalue weighted by Gasteiger charge is 2.64. The zero-order valence-corrected chi connectivity index (χ0v) is 18.6. The summed E-state index contributed by atoms with van der Waals surface area (Å²) in [6.07, 6.45) is 21.1. The normalized spacial score (nSPS) is 31.2. The van der Waals surface area contributed by atoms with E-state index < -0.39 is 0 Å². The summed E-state index contributed by atoms with van der Waals surface area (Å²) in [6, 6.07) is 0.623. The summed E-state index contributed by atoms with van der Waals surface area (Å²) >= 11 is 0. The summed E-state index contributed by atoms with van der Waals surface area (Å²) in [5.41, 5.74) is 14.2. The molecule has 1 aliphatic carbocycles. The number of hydrogen-bond donors (Lipinski definition) is 2. The van der Waals surface area contributed by atoms with Crippen molar-refractivity contribution in [2.45, 2.75) is 143 Å². The van der Waals surface area contributed by atoms with Crippen LogP contribution in [0.1, 0.15) is 130 Å². The summed E-state index contributed by atoms with van der Waals surface area (Å²) in [7, 11) is 0. The zero-order valence-electron chi connectivity index (χ0n) is 18.6. The van der Waals surface area contributed by atoms with Crippen LogP contribution in [0.4, 0.5) is 0 Å². The first-order valence-corrected chi connectivity index (χ1v) is 12.1. The van der Waals surface area contributed by atoms with Gasteiger partial charge in [0.2, 0.25) is 0 Å². The SMILES string of the molecule is CCCCCCCCC1(CC)C(N)C(CC)(CCCCCCCC)C1N. The maximum atomic E-state index is 6.89. The van der Waals surface area contributed by atoms with Crippen molar-refractivity contribution in [1.82, 2.24) is 0 Å². The van der Waals surface area contributed by atoms with Crippen molar-refractivity contribution in [3.05, 3.63) is 0 Å². The molecule has 1 fully saturated rings. The Kier molecular flexibility index (Phi) is 11.4. The molecule has 156 valence electrons. The lowest BCUT2D eigenvalue weighted by Crippen LogP contribution is -2.78. The first-order chi connectivity index (χ1) is 12.6. The van der Waals surface area contributed by atoms with E-state index in [2.05, 4.69) is 27.7 Å². The van der Waals surface area contributed by atoms with Gasteiger partial charge < -0.3 is 11.5 Å². The van der Waals surface area contributed by atoms with Gasteiger partial charge in [0.05, 0.1) is 0 Å². The van der Waals surface area contributed by atoms with Crippen molar-refractivity contribution >= 4 is 0 Å². The molecule has 0 saturated heterocycles. The van der Waals surface area contributed by atoms with E-state index in [0.717, 1.165) is 12.8 Å². The highest BCUT2D eigenvalue weighted by molar-refractivity contribution is 5.20. The number of nitrogens with two attached hydrogens (primary N) is 2. The molecule has 0 atom stereocenters. The molecule has 0 aromatic rings. The molecule has 26 heavy (non-hydrogen) atoms. The molecule has 2 nitrogen and oxygen atoms in total. The van der Waals surface area contributed by atoms with Crippen LogP contribution in [0.2, 0.25) is 0 Å². The third-order valence-electron chi connectivity index (χ3n) is 7.79. The van der Waals surface area contributed by atoms with Gasteiger partial charge in [0.1, 0.15) is 0 Å². The van der Waals surface area contributed by atoms with Crippen LogP contribution in [0.3, 0.4) is 0 Å². The van der Waals surface area contributed by atoms with Crippen molar-refractivity contribution in [3.8, 4) is 0 Å². The zero-order chi connectivity index (χ0) is 19.5. The molecule has 0 unspecified atom stereocenters. The highest BCUT2D eigenvalue weighted by atomic mass is 14.9. The van der Waals surface area contributed by atoms with Crippen LogP contribution in [-0.2, 0) is 0 Å². The van der Waals surface area contributed by atoms with Gasteiger partial charge in [-0.15, -0.1) is 0 Å². The standard InChI is InChI=1S/C24H50N2/c1-5-9-11-13-15-17-19-23(7-3)21(25)24(8-4,22(23)26)20-18-16-14-12-10-6-2/h21-22H,5-20,25-26H2,1-4H3. The smallest absolute Gasteiger partial charge is 0.0182 e. The fraction of sp³-hybridized carbons (Fsp3) is 1.00. The predicted molar refractivity (Wildman–Crippen MR) is 117 cm³/mol. The van der Waals surface area contributed by atoms with E-state index in [0.29, 0.717) is 12.1 Å². The second kappa shape index (κ2) is 12.4.